The van der Waals surface area contributed by atoms with Gasteiger partial charge in [-0.25, -0.2) is 9.59 Å². The second-order valence-electron chi connectivity index (χ2n) is 5.69. The summed E-state index contributed by atoms with van der Waals surface area (Å²) >= 11 is 10.8. The number of ether oxygens (including phenoxy) is 2. The van der Waals surface area contributed by atoms with E-state index < -0.39 is 12.0 Å². The van der Waals surface area contributed by atoms with Gasteiger partial charge in [0, 0.05) is 29.4 Å². The van der Waals surface area contributed by atoms with Gasteiger partial charge in [0.2, 0.25) is 0 Å². The van der Waals surface area contributed by atoms with Crippen molar-refractivity contribution < 1.29 is 19.1 Å². The Morgan fingerprint density at radius 3 is 2.73 bits per heavy atom. The van der Waals surface area contributed by atoms with Crippen molar-refractivity contribution in [2.45, 2.75) is 24.6 Å². The molecule has 144 valence electrons. The van der Waals surface area contributed by atoms with Crippen LogP contribution in [0.25, 0.3) is 0 Å². The number of likely N-dealkylation sites (tertiary alicyclic amines) is 1. The molecule has 0 amide bonds. The van der Waals surface area contributed by atoms with Crippen LogP contribution in [0.2, 0.25) is 5.02 Å². The molecule has 0 spiro atoms. The summed E-state index contributed by atoms with van der Waals surface area (Å²) in [7, 11) is 1.35. The van der Waals surface area contributed by atoms with Gasteiger partial charge in [-0.05, 0) is 30.5 Å². The number of carbonyl (C=O) groups excluding carboxylic acids is 2. The van der Waals surface area contributed by atoms with Crippen LogP contribution in [0, 0.1) is 0 Å². The Hall–Kier alpha value is -1.21. The Labute approximate surface area is 170 Å². The predicted octanol–water partition coefficient (Wildman–Crippen LogP) is 3.47. The third-order valence-electron chi connectivity index (χ3n) is 4.08. The SMILES string of the molecule is CCOC(=O)/C=C1/CN(C(C(=O)OC)c2ccccc2Cl)CCC1S.Cl. The standard InChI is InChI=1S/C18H22ClNO4S.ClH/c1-3-24-16(21)10-12-11-20(9-8-15(12)25)17(18(22)23-2)13-6-4-5-7-14(13)19;/h4-7,10,15,17,25H,3,8-9,11H2,1-2H3;1H/b12-10-;. The van der Waals surface area contributed by atoms with E-state index >= 15 is 0 Å². The Morgan fingerprint density at radius 1 is 1.42 bits per heavy atom. The summed E-state index contributed by atoms with van der Waals surface area (Å²) in [5.41, 5.74) is 1.50. The van der Waals surface area contributed by atoms with E-state index in [0.717, 1.165) is 5.57 Å². The van der Waals surface area contributed by atoms with E-state index in [1.54, 1.807) is 13.0 Å². The van der Waals surface area contributed by atoms with Gasteiger partial charge in [0.1, 0.15) is 6.04 Å². The molecule has 0 N–H and O–H groups in total. The zero-order valence-electron chi connectivity index (χ0n) is 14.7. The molecule has 1 heterocycles. The van der Waals surface area contributed by atoms with Crippen LogP contribution in [0.4, 0.5) is 0 Å². The molecule has 1 aromatic rings. The van der Waals surface area contributed by atoms with Crippen molar-refractivity contribution in [1.29, 1.82) is 0 Å². The van der Waals surface area contributed by atoms with Gasteiger partial charge in [-0.15, -0.1) is 12.4 Å². The highest BCUT2D eigenvalue weighted by atomic mass is 35.5. The monoisotopic (exact) mass is 419 g/mol. The van der Waals surface area contributed by atoms with Gasteiger partial charge in [-0.2, -0.15) is 12.6 Å². The lowest BCUT2D eigenvalue weighted by Gasteiger charge is -2.36. The maximum Gasteiger partial charge on any atom is 0.330 e. The number of thiol groups is 1. The number of hydrogen-bond acceptors (Lipinski definition) is 6. The van der Waals surface area contributed by atoms with Gasteiger partial charge in [0.25, 0.3) is 0 Å². The van der Waals surface area contributed by atoms with Crippen molar-refractivity contribution in [3.05, 3.63) is 46.5 Å². The first kappa shape index (κ1) is 22.8. The minimum absolute atomic E-state index is 0. The van der Waals surface area contributed by atoms with Crippen LogP contribution in [0.15, 0.2) is 35.9 Å². The molecular formula is C18H23Cl2NO4S. The maximum atomic E-state index is 12.4. The molecule has 2 rings (SSSR count). The van der Waals surface area contributed by atoms with Gasteiger partial charge in [0.05, 0.1) is 13.7 Å². The zero-order valence-corrected chi connectivity index (χ0v) is 17.2. The van der Waals surface area contributed by atoms with Crippen molar-refractivity contribution in [3.8, 4) is 0 Å². The summed E-state index contributed by atoms with van der Waals surface area (Å²) in [6.07, 6.45) is 2.17. The number of halogens is 2. The van der Waals surface area contributed by atoms with E-state index in [-0.39, 0.29) is 23.6 Å². The first-order valence-corrected chi connectivity index (χ1v) is 8.99. The van der Waals surface area contributed by atoms with Crippen LogP contribution >= 0.6 is 36.6 Å². The van der Waals surface area contributed by atoms with E-state index in [4.69, 9.17) is 21.1 Å². The van der Waals surface area contributed by atoms with E-state index in [1.807, 2.05) is 23.1 Å². The van der Waals surface area contributed by atoms with Gasteiger partial charge in [-0.3, -0.25) is 4.90 Å². The second-order valence-corrected chi connectivity index (χ2v) is 6.72. The molecule has 0 saturated carbocycles. The first-order valence-electron chi connectivity index (χ1n) is 8.09. The van der Waals surface area contributed by atoms with Crippen molar-refractivity contribution in [2.75, 3.05) is 26.8 Å². The zero-order chi connectivity index (χ0) is 18.4. The van der Waals surface area contributed by atoms with Crippen LogP contribution in [-0.2, 0) is 19.1 Å². The fourth-order valence-corrected chi connectivity index (χ4v) is 3.38. The molecule has 2 atom stereocenters. The normalized spacial score (nSPS) is 20.2. The number of carbonyl (C=O) groups is 2. The predicted molar refractivity (Wildman–Crippen MR) is 107 cm³/mol. The molecule has 1 saturated heterocycles. The fraction of sp³-hybridized carbons (Fsp3) is 0.444. The summed E-state index contributed by atoms with van der Waals surface area (Å²) in [5, 5.41) is 0.451. The van der Waals surface area contributed by atoms with E-state index in [2.05, 4.69) is 12.6 Å². The lowest BCUT2D eigenvalue weighted by molar-refractivity contribution is -0.147. The lowest BCUT2D eigenvalue weighted by Crippen LogP contribution is -2.42. The summed E-state index contributed by atoms with van der Waals surface area (Å²) in [6, 6.07) is 6.56. The average Bonchev–Trinajstić information content (AvgIpc) is 2.59. The molecular weight excluding hydrogens is 397 g/mol. The molecule has 1 aromatic carbocycles. The van der Waals surface area contributed by atoms with Gasteiger partial charge in [-0.1, -0.05) is 29.8 Å². The van der Waals surface area contributed by atoms with Gasteiger partial charge < -0.3 is 9.47 Å². The molecule has 0 radical (unpaired) electrons. The second kappa shape index (κ2) is 10.8. The number of rotatable bonds is 5. The quantitative estimate of drug-likeness (QED) is 0.449. The van der Waals surface area contributed by atoms with Crippen molar-refractivity contribution >= 4 is 48.6 Å². The minimum atomic E-state index is -0.634. The summed E-state index contributed by atoms with van der Waals surface area (Å²) in [5.74, 6) is -0.785. The molecule has 0 aliphatic carbocycles. The maximum absolute atomic E-state index is 12.4. The lowest BCUT2D eigenvalue weighted by atomic mass is 9.98. The molecule has 0 bridgehead atoms. The van der Waals surface area contributed by atoms with Crippen LogP contribution in [0.3, 0.4) is 0 Å². The molecule has 2 unspecified atom stereocenters. The molecule has 0 aromatic heterocycles. The topological polar surface area (TPSA) is 55.8 Å². The number of nitrogens with zero attached hydrogens (tertiary/aromatic N) is 1. The number of benzene rings is 1. The first-order chi connectivity index (χ1) is 12.0. The molecule has 5 nitrogen and oxygen atoms in total. The Balaban J connectivity index is 0.00000338. The minimum Gasteiger partial charge on any atom is -0.468 e. The molecule has 1 aliphatic heterocycles. The third kappa shape index (κ3) is 5.64. The Kier molecular flexibility index (Phi) is 9.50. The molecule has 1 fully saturated rings. The number of hydrogen-bond donors (Lipinski definition) is 1. The van der Waals surface area contributed by atoms with Gasteiger partial charge >= 0.3 is 11.9 Å². The van der Waals surface area contributed by atoms with Crippen molar-refractivity contribution in [2.24, 2.45) is 0 Å². The van der Waals surface area contributed by atoms with Crippen LogP contribution in [-0.4, -0.2) is 48.9 Å². The van der Waals surface area contributed by atoms with Gasteiger partial charge in [0.15, 0.2) is 0 Å². The molecule has 1 aliphatic rings. The van der Waals surface area contributed by atoms with E-state index in [0.29, 0.717) is 36.7 Å². The highest BCUT2D eigenvalue weighted by molar-refractivity contribution is 7.81. The summed E-state index contributed by atoms with van der Waals surface area (Å²) in [4.78, 5) is 26.2. The van der Waals surface area contributed by atoms with Crippen molar-refractivity contribution in [3.63, 3.8) is 0 Å². The molecule has 26 heavy (non-hydrogen) atoms. The van der Waals surface area contributed by atoms with Crippen LogP contribution in [0.5, 0.6) is 0 Å². The average molecular weight is 420 g/mol. The highest BCUT2D eigenvalue weighted by Gasteiger charge is 2.34. The Morgan fingerprint density at radius 2 is 2.12 bits per heavy atom. The van der Waals surface area contributed by atoms with E-state index in [1.165, 1.54) is 13.2 Å². The van der Waals surface area contributed by atoms with E-state index in [9.17, 15) is 9.59 Å². The Bertz CT molecular complexity index is 668. The summed E-state index contributed by atoms with van der Waals surface area (Å²) < 4.78 is 9.97. The molecule has 8 heteroatoms. The van der Waals surface area contributed by atoms with Crippen LogP contribution in [0.1, 0.15) is 24.9 Å². The smallest absolute Gasteiger partial charge is 0.330 e. The highest BCUT2D eigenvalue weighted by Crippen LogP contribution is 2.33. The fourth-order valence-electron chi connectivity index (χ4n) is 2.87. The largest absolute Gasteiger partial charge is 0.468 e. The van der Waals surface area contributed by atoms with Crippen molar-refractivity contribution in [1.82, 2.24) is 4.90 Å². The third-order valence-corrected chi connectivity index (χ3v) is 5.02. The number of esters is 2. The number of methoxy groups -OCH3 is 1. The van der Waals surface area contributed by atoms with Crippen LogP contribution < -0.4 is 0 Å². The number of piperidine rings is 1. The summed E-state index contributed by atoms with van der Waals surface area (Å²) in [6.45, 7) is 3.12.